The van der Waals surface area contributed by atoms with Crippen molar-refractivity contribution in [2.24, 2.45) is 17.6 Å². The first-order chi connectivity index (χ1) is 8.25. The van der Waals surface area contributed by atoms with Crippen LogP contribution in [0.1, 0.15) is 58.3 Å². The molecule has 1 saturated heterocycles. The molecule has 1 aliphatic carbocycles. The monoisotopic (exact) mass is 238 g/mol. The van der Waals surface area contributed by atoms with Gasteiger partial charge in [0.15, 0.2) is 0 Å². The normalized spacial score (nSPS) is 32.1. The number of rotatable bonds is 5. The van der Waals surface area contributed by atoms with Gasteiger partial charge in [0, 0.05) is 12.6 Å². The molecule has 2 aliphatic rings. The Bertz CT molecular complexity index is 215. The second-order valence-electron chi connectivity index (χ2n) is 6.37. The highest BCUT2D eigenvalue weighted by Gasteiger charge is 2.30. The Kier molecular flexibility index (Phi) is 5.30. The van der Waals surface area contributed by atoms with Gasteiger partial charge in [-0.15, -0.1) is 0 Å². The largest absolute Gasteiger partial charge is 0.328 e. The first-order valence-corrected chi connectivity index (χ1v) is 7.73. The summed E-state index contributed by atoms with van der Waals surface area (Å²) >= 11 is 0. The molecule has 100 valence electrons. The Hall–Kier alpha value is -0.0800. The van der Waals surface area contributed by atoms with Crippen LogP contribution in [-0.4, -0.2) is 30.6 Å². The van der Waals surface area contributed by atoms with Crippen LogP contribution in [-0.2, 0) is 0 Å². The number of unbranched alkanes of at least 4 members (excludes halogenated alkanes) is 1. The van der Waals surface area contributed by atoms with Gasteiger partial charge >= 0.3 is 0 Å². The average Bonchev–Trinajstić information content (AvgIpc) is 2.34. The summed E-state index contributed by atoms with van der Waals surface area (Å²) in [5.74, 6) is 2.11. The molecule has 2 fully saturated rings. The van der Waals surface area contributed by atoms with E-state index in [-0.39, 0.29) is 0 Å². The van der Waals surface area contributed by atoms with Gasteiger partial charge in [-0.25, -0.2) is 0 Å². The van der Waals surface area contributed by atoms with Crippen LogP contribution in [0.2, 0.25) is 0 Å². The molecular weight excluding hydrogens is 208 g/mol. The molecule has 0 radical (unpaired) electrons. The average molecular weight is 238 g/mol. The molecular formula is C15H30N2. The number of nitrogens with two attached hydrogens (primary N) is 1. The molecule has 1 heterocycles. The Morgan fingerprint density at radius 1 is 1.12 bits per heavy atom. The van der Waals surface area contributed by atoms with Crippen LogP contribution in [0.4, 0.5) is 0 Å². The lowest BCUT2D eigenvalue weighted by atomic mass is 9.75. The molecule has 3 atom stereocenters. The van der Waals surface area contributed by atoms with Crippen molar-refractivity contribution in [3.63, 3.8) is 0 Å². The van der Waals surface area contributed by atoms with Crippen molar-refractivity contribution < 1.29 is 0 Å². The number of hydrogen-bond donors (Lipinski definition) is 1. The van der Waals surface area contributed by atoms with Crippen molar-refractivity contribution in [3.05, 3.63) is 0 Å². The Labute approximate surface area is 107 Å². The number of fused-ring (bicyclic) bond motifs is 1. The fourth-order valence-electron chi connectivity index (χ4n) is 3.68. The quantitative estimate of drug-likeness (QED) is 0.746. The van der Waals surface area contributed by atoms with Crippen molar-refractivity contribution in [3.8, 4) is 0 Å². The smallest absolute Gasteiger partial charge is 0.00123 e. The first-order valence-electron chi connectivity index (χ1n) is 7.73. The van der Waals surface area contributed by atoms with E-state index in [1.807, 2.05) is 0 Å². The van der Waals surface area contributed by atoms with Gasteiger partial charge in [0.1, 0.15) is 0 Å². The van der Waals surface area contributed by atoms with Gasteiger partial charge in [-0.2, -0.15) is 0 Å². The highest BCUT2D eigenvalue weighted by molar-refractivity contribution is 4.83. The summed E-state index contributed by atoms with van der Waals surface area (Å²) in [6.45, 7) is 6.19. The molecule has 0 aromatic carbocycles. The lowest BCUT2D eigenvalue weighted by Crippen LogP contribution is -2.42. The van der Waals surface area contributed by atoms with Gasteiger partial charge in [0.05, 0.1) is 0 Å². The maximum absolute atomic E-state index is 5.79. The molecule has 0 bridgehead atoms. The van der Waals surface area contributed by atoms with Gasteiger partial charge in [-0.3, -0.25) is 0 Å². The minimum Gasteiger partial charge on any atom is -0.328 e. The maximum Gasteiger partial charge on any atom is 0.00123 e. The number of piperidine rings is 1. The summed E-state index contributed by atoms with van der Waals surface area (Å²) in [4.78, 5) is 2.72. The van der Waals surface area contributed by atoms with Crippen molar-refractivity contribution in [2.45, 2.75) is 64.3 Å². The van der Waals surface area contributed by atoms with E-state index < -0.39 is 0 Å². The van der Waals surface area contributed by atoms with Crippen LogP contribution in [0.15, 0.2) is 0 Å². The maximum atomic E-state index is 5.79. The lowest BCUT2D eigenvalue weighted by molar-refractivity contribution is 0.0856. The third kappa shape index (κ3) is 4.26. The van der Waals surface area contributed by atoms with Crippen LogP contribution in [0, 0.1) is 11.8 Å². The Morgan fingerprint density at radius 2 is 1.88 bits per heavy atom. The van der Waals surface area contributed by atoms with E-state index in [2.05, 4.69) is 11.8 Å². The Morgan fingerprint density at radius 3 is 2.65 bits per heavy atom. The minimum atomic E-state index is 0.388. The van der Waals surface area contributed by atoms with Crippen molar-refractivity contribution in [1.82, 2.24) is 4.90 Å². The van der Waals surface area contributed by atoms with E-state index in [9.17, 15) is 0 Å². The van der Waals surface area contributed by atoms with E-state index in [0.29, 0.717) is 6.04 Å². The van der Waals surface area contributed by atoms with E-state index in [0.717, 1.165) is 11.8 Å². The second-order valence-corrected chi connectivity index (χ2v) is 6.37. The van der Waals surface area contributed by atoms with Crippen LogP contribution in [0.3, 0.4) is 0 Å². The summed E-state index contributed by atoms with van der Waals surface area (Å²) in [6, 6.07) is 0.388. The van der Waals surface area contributed by atoms with Crippen LogP contribution in [0.5, 0.6) is 0 Å². The van der Waals surface area contributed by atoms with Crippen molar-refractivity contribution >= 4 is 0 Å². The zero-order valence-electron chi connectivity index (χ0n) is 11.5. The molecule has 2 N–H and O–H groups in total. The molecule has 0 amide bonds. The summed E-state index contributed by atoms with van der Waals surface area (Å²) in [7, 11) is 0. The molecule has 1 saturated carbocycles. The Balaban J connectivity index is 1.62. The highest BCUT2D eigenvalue weighted by Crippen LogP contribution is 2.35. The number of likely N-dealkylation sites (tertiary alicyclic amines) is 1. The topological polar surface area (TPSA) is 29.3 Å². The highest BCUT2D eigenvalue weighted by atomic mass is 15.1. The number of nitrogens with zero attached hydrogens (tertiary/aromatic N) is 1. The van der Waals surface area contributed by atoms with E-state index in [1.165, 1.54) is 71.0 Å². The fraction of sp³-hybridized carbons (Fsp3) is 1.00. The van der Waals surface area contributed by atoms with Gasteiger partial charge in [-0.1, -0.05) is 25.7 Å². The molecule has 17 heavy (non-hydrogen) atoms. The molecule has 0 spiro atoms. The molecule has 2 rings (SSSR count). The first kappa shape index (κ1) is 13.4. The van der Waals surface area contributed by atoms with Gasteiger partial charge < -0.3 is 10.6 Å². The molecule has 1 aliphatic heterocycles. The zero-order valence-corrected chi connectivity index (χ0v) is 11.5. The zero-order chi connectivity index (χ0) is 12.1. The van der Waals surface area contributed by atoms with Crippen LogP contribution < -0.4 is 5.73 Å². The fourth-order valence-corrected chi connectivity index (χ4v) is 3.68. The molecule has 0 aromatic rings. The van der Waals surface area contributed by atoms with E-state index >= 15 is 0 Å². The predicted molar refractivity (Wildman–Crippen MR) is 74.0 cm³/mol. The molecule has 2 nitrogen and oxygen atoms in total. The summed E-state index contributed by atoms with van der Waals surface area (Å²) in [5, 5.41) is 0. The van der Waals surface area contributed by atoms with Crippen molar-refractivity contribution in [1.29, 1.82) is 0 Å². The SMILES string of the molecule is CC(N)CCCCN1CCC2CCCCC2C1. The predicted octanol–water partition coefficient (Wildman–Crippen LogP) is 3.02. The minimum absolute atomic E-state index is 0.388. The number of hydrogen-bond acceptors (Lipinski definition) is 2. The third-order valence-electron chi connectivity index (χ3n) is 4.76. The van der Waals surface area contributed by atoms with Crippen LogP contribution >= 0.6 is 0 Å². The van der Waals surface area contributed by atoms with Crippen molar-refractivity contribution in [2.75, 3.05) is 19.6 Å². The lowest BCUT2D eigenvalue weighted by Gasteiger charge is -2.41. The molecule has 2 heteroatoms. The molecule has 0 aromatic heterocycles. The summed E-state index contributed by atoms with van der Waals surface area (Å²) in [6.07, 6.45) is 11.3. The summed E-state index contributed by atoms with van der Waals surface area (Å²) < 4.78 is 0. The van der Waals surface area contributed by atoms with Gasteiger partial charge in [-0.05, 0) is 57.5 Å². The third-order valence-corrected chi connectivity index (χ3v) is 4.76. The summed E-state index contributed by atoms with van der Waals surface area (Å²) in [5.41, 5.74) is 5.79. The van der Waals surface area contributed by atoms with Crippen LogP contribution in [0.25, 0.3) is 0 Å². The second kappa shape index (κ2) is 6.75. The molecule has 3 unspecified atom stereocenters. The van der Waals surface area contributed by atoms with Gasteiger partial charge in [0.25, 0.3) is 0 Å². The van der Waals surface area contributed by atoms with E-state index in [4.69, 9.17) is 5.73 Å². The van der Waals surface area contributed by atoms with E-state index in [1.54, 1.807) is 0 Å². The standard InChI is InChI=1S/C15H30N2/c1-13(16)6-4-5-10-17-11-9-14-7-2-3-8-15(14)12-17/h13-15H,2-12,16H2,1H3. The van der Waals surface area contributed by atoms with Gasteiger partial charge in [0.2, 0.25) is 0 Å².